The fourth-order valence-electron chi connectivity index (χ4n) is 1.78. The molecule has 0 aliphatic heterocycles. The molecule has 1 aromatic carbocycles. The molecule has 1 heterocycles. The van der Waals surface area contributed by atoms with Crippen molar-refractivity contribution < 1.29 is 0 Å². The molecule has 0 bridgehead atoms. The van der Waals surface area contributed by atoms with Crippen LogP contribution in [-0.2, 0) is 6.54 Å². The average molecular weight is 232 g/mol. The molecule has 17 heavy (non-hydrogen) atoms. The number of aromatic nitrogens is 3. The Labute approximate surface area is 102 Å². The van der Waals surface area contributed by atoms with E-state index < -0.39 is 0 Å². The summed E-state index contributed by atoms with van der Waals surface area (Å²) < 4.78 is 1.96. The van der Waals surface area contributed by atoms with Gasteiger partial charge in [0.15, 0.2) is 0 Å². The van der Waals surface area contributed by atoms with E-state index in [1.54, 1.807) is 0 Å². The summed E-state index contributed by atoms with van der Waals surface area (Å²) in [6.07, 6.45) is 1.22. The topological polar surface area (TPSA) is 42.7 Å². The summed E-state index contributed by atoms with van der Waals surface area (Å²) in [7, 11) is 0. The Bertz CT molecular complexity index is 461. The third-order valence-electron chi connectivity index (χ3n) is 2.82. The summed E-state index contributed by atoms with van der Waals surface area (Å²) in [6.45, 7) is 7.38. The van der Waals surface area contributed by atoms with E-state index in [2.05, 4.69) is 35.5 Å². The van der Waals surface area contributed by atoms with E-state index in [-0.39, 0.29) is 0 Å². The molecule has 4 heteroatoms. The molecule has 1 aromatic heterocycles. The quantitative estimate of drug-likeness (QED) is 0.775. The van der Waals surface area contributed by atoms with Crippen molar-refractivity contribution in [3.8, 4) is 0 Å². The van der Waals surface area contributed by atoms with E-state index in [0.29, 0.717) is 0 Å². The molecule has 4 nitrogen and oxygen atoms in total. The number of nitrogens with one attached hydrogen (secondary N) is 1. The van der Waals surface area contributed by atoms with Gasteiger partial charge in [0.1, 0.15) is 5.52 Å². The Hall–Kier alpha value is -1.42. The fourth-order valence-corrected chi connectivity index (χ4v) is 1.78. The highest BCUT2D eigenvalue weighted by Gasteiger charge is 2.02. The van der Waals surface area contributed by atoms with Crippen molar-refractivity contribution in [1.82, 2.24) is 20.3 Å². The summed E-state index contributed by atoms with van der Waals surface area (Å²) in [6, 6.07) is 8.06. The van der Waals surface area contributed by atoms with E-state index >= 15 is 0 Å². The highest BCUT2D eigenvalue weighted by molar-refractivity contribution is 5.73. The zero-order valence-electron chi connectivity index (χ0n) is 10.6. The van der Waals surface area contributed by atoms with Gasteiger partial charge in [-0.3, -0.25) is 0 Å². The Morgan fingerprint density at radius 3 is 2.88 bits per heavy atom. The number of para-hydroxylation sites is 1. The summed E-state index contributed by atoms with van der Waals surface area (Å²) in [5.41, 5.74) is 2.08. The van der Waals surface area contributed by atoms with Crippen LogP contribution in [0.3, 0.4) is 0 Å². The Balaban J connectivity index is 1.83. The Morgan fingerprint density at radius 1 is 1.24 bits per heavy atom. The number of benzene rings is 1. The minimum absolute atomic E-state index is 0.759. The van der Waals surface area contributed by atoms with Gasteiger partial charge in [-0.1, -0.05) is 31.2 Å². The normalized spacial score (nSPS) is 11.5. The van der Waals surface area contributed by atoms with Gasteiger partial charge >= 0.3 is 0 Å². The molecule has 0 aliphatic carbocycles. The fraction of sp³-hybridized carbons (Fsp3) is 0.538. The highest BCUT2D eigenvalue weighted by atomic mass is 15.4. The van der Waals surface area contributed by atoms with E-state index in [4.69, 9.17) is 0 Å². The SMILES string of the molecule is CC(C)CCNCCn1nnc2ccccc21. The summed E-state index contributed by atoms with van der Waals surface area (Å²) in [5.74, 6) is 0.759. The zero-order valence-corrected chi connectivity index (χ0v) is 10.6. The van der Waals surface area contributed by atoms with Gasteiger partial charge < -0.3 is 5.32 Å². The molecular formula is C13H20N4. The molecule has 2 rings (SSSR count). The first-order chi connectivity index (χ1) is 8.27. The number of rotatable bonds is 6. The third-order valence-corrected chi connectivity index (χ3v) is 2.82. The molecular weight excluding hydrogens is 212 g/mol. The zero-order chi connectivity index (χ0) is 12.1. The molecule has 2 aromatic rings. The van der Waals surface area contributed by atoms with Gasteiger partial charge in [-0.05, 0) is 31.0 Å². The van der Waals surface area contributed by atoms with E-state index in [1.165, 1.54) is 6.42 Å². The Kier molecular flexibility index (Phi) is 4.09. The number of hydrogen-bond donors (Lipinski definition) is 1. The molecule has 0 unspecified atom stereocenters. The van der Waals surface area contributed by atoms with Crippen LogP contribution in [0.1, 0.15) is 20.3 Å². The van der Waals surface area contributed by atoms with Crippen molar-refractivity contribution in [2.75, 3.05) is 13.1 Å². The average Bonchev–Trinajstić information content (AvgIpc) is 2.72. The van der Waals surface area contributed by atoms with E-state index in [1.807, 2.05) is 22.9 Å². The summed E-state index contributed by atoms with van der Waals surface area (Å²) >= 11 is 0. The van der Waals surface area contributed by atoms with Gasteiger partial charge in [0, 0.05) is 6.54 Å². The first-order valence-electron chi connectivity index (χ1n) is 6.26. The van der Waals surface area contributed by atoms with Crippen LogP contribution in [0.4, 0.5) is 0 Å². The van der Waals surface area contributed by atoms with Crippen molar-refractivity contribution in [2.45, 2.75) is 26.8 Å². The van der Waals surface area contributed by atoms with Crippen molar-refractivity contribution in [2.24, 2.45) is 5.92 Å². The minimum atomic E-state index is 0.759. The molecule has 0 saturated carbocycles. The van der Waals surface area contributed by atoms with Crippen LogP contribution in [0.15, 0.2) is 24.3 Å². The van der Waals surface area contributed by atoms with Crippen LogP contribution in [0, 0.1) is 5.92 Å². The summed E-state index contributed by atoms with van der Waals surface area (Å²) in [4.78, 5) is 0. The van der Waals surface area contributed by atoms with Crippen molar-refractivity contribution >= 4 is 11.0 Å². The largest absolute Gasteiger partial charge is 0.315 e. The second-order valence-electron chi connectivity index (χ2n) is 4.73. The first kappa shape index (κ1) is 12.0. The van der Waals surface area contributed by atoms with Gasteiger partial charge in [-0.2, -0.15) is 0 Å². The first-order valence-corrected chi connectivity index (χ1v) is 6.26. The van der Waals surface area contributed by atoms with Crippen molar-refractivity contribution in [3.05, 3.63) is 24.3 Å². The van der Waals surface area contributed by atoms with Crippen LogP contribution in [0.25, 0.3) is 11.0 Å². The minimum Gasteiger partial charge on any atom is -0.315 e. The van der Waals surface area contributed by atoms with Crippen LogP contribution in [-0.4, -0.2) is 28.1 Å². The molecule has 0 saturated heterocycles. The maximum Gasteiger partial charge on any atom is 0.113 e. The van der Waals surface area contributed by atoms with Gasteiger partial charge in [0.05, 0.1) is 12.1 Å². The Morgan fingerprint density at radius 2 is 2.06 bits per heavy atom. The number of fused-ring (bicyclic) bond motifs is 1. The number of nitrogens with zero attached hydrogens (tertiary/aromatic N) is 3. The maximum absolute atomic E-state index is 4.15. The second kappa shape index (κ2) is 5.77. The standard InChI is InChI=1S/C13H20N4/c1-11(2)7-8-14-9-10-17-13-6-4-3-5-12(13)15-16-17/h3-6,11,14H,7-10H2,1-2H3. The lowest BCUT2D eigenvalue weighted by molar-refractivity contribution is 0.505. The molecule has 0 radical (unpaired) electrons. The lowest BCUT2D eigenvalue weighted by atomic mass is 10.1. The van der Waals surface area contributed by atoms with Crippen molar-refractivity contribution in [3.63, 3.8) is 0 Å². The number of hydrogen-bond acceptors (Lipinski definition) is 3. The maximum atomic E-state index is 4.15. The van der Waals surface area contributed by atoms with Crippen LogP contribution < -0.4 is 5.32 Å². The summed E-state index contributed by atoms with van der Waals surface area (Å²) in [5, 5.41) is 11.7. The van der Waals surface area contributed by atoms with Crippen LogP contribution in [0.5, 0.6) is 0 Å². The lowest BCUT2D eigenvalue weighted by Gasteiger charge is -2.07. The van der Waals surface area contributed by atoms with Crippen molar-refractivity contribution in [1.29, 1.82) is 0 Å². The molecule has 1 N–H and O–H groups in total. The van der Waals surface area contributed by atoms with Gasteiger partial charge in [-0.25, -0.2) is 4.68 Å². The van der Waals surface area contributed by atoms with Gasteiger partial charge in [0.2, 0.25) is 0 Å². The lowest BCUT2D eigenvalue weighted by Crippen LogP contribution is -2.22. The molecule has 92 valence electrons. The molecule has 0 amide bonds. The molecule has 0 atom stereocenters. The van der Waals surface area contributed by atoms with Crippen LogP contribution >= 0.6 is 0 Å². The highest BCUT2D eigenvalue weighted by Crippen LogP contribution is 2.08. The second-order valence-corrected chi connectivity index (χ2v) is 4.73. The smallest absolute Gasteiger partial charge is 0.113 e. The predicted molar refractivity (Wildman–Crippen MR) is 69.9 cm³/mol. The molecule has 0 spiro atoms. The monoisotopic (exact) mass is 232 g/mol. The third kappa shape index (κ3) is 3.27. The van der Waals surface area contributed by atoms with Gasteiger partial charge in [0.25, 0.3) is 0 Å². The van der Waals surface area contributed by atoms with Gasteiger partial charge in [-0.15, -0.1) is 5.10 Å². The van der Waals surface area contributed by atoms with E-state index in [0.717, 1.165) is 36.6 Å². The molecule has 0 aliphatic rings. The molecule has 0 fully saturated rings. The van der Waals surface area contributed by atoms with E-state index in [9.17, 15) is 0 Å². The predicted octanol–water partition coefficient (Wildman–Crippen LogP) is 2.07. The van der Waals surface area contributed by atoms with Crippen LogP contribution in [0.2, 0.25) is 0 Å².